The summed E-state index contributed by atoms with van der Waals surface area (Å²) in [4.78, 5) is 14.3. The number of Topliss-reactive ketones (excluding diaryl/α,β-unsaturated/α-hetero) is 1. The zero-order valence-electron chi connectivity index (χ0n) is 14.9. The summed E-state index contributed by atoms with van der Waals surface area (Å²) in [5.74, 6) is 1.77. The number of hydrogen-bond donors (Lipinski definition) is 0. The van der Waals surface area contributed by atoms with Gasteiger partial charge in [-0.15, -0.1) is 0 Å². The van der Waals surface area contributed by atoms with Crippen LogP contribution in [0.2, 0.25) is 0 Å². The van der Waals surface area contributed by atoms with E-state index in [-0.39, 0.29) is 5.78 Å². The molecule has 3 heteroatoms. The van der Waals surface area contributed by atoms with Crippen LogP contribution in [0, 0.1) is 5.92 Å². The molecule has 0 spiro atoms. The summed E-state index contributed by atoms with van der Waals surface area (Å²) in [7, 11) is 3.99. The van der Waals surface area contributed by atoms with Crippen molar-refractivity contribution in [1.82, 2.24) is 4.90 Å². The molecule has 22 heavy (non-hydrogen) atoms. The number of nitrogens with zero attached hydrogens (tertiary/aromatic N) is 1. The van der Waals surface area contributed by atoms with Gasteiger partial charge in [0.1, 0.15) is 5.76 Å². The van der Waals surface area contributed by atoms with E-state index in [0.717, 1.165) is 30.9 Å². The summed E-state index contributed by atoms with van der Waals surface area (Å²) in [5, 5.41) is 0. The van der Waals surface area contributed by atoms with Crippen molar-refractivity contribution in [2.24, 2.45) is 5.92 Å². The van der Waals surface area contributed by atoms with Crippen LogP contribution in [0.15, 0.2) is 23.5 Å². The Balaban J connectivity index is 2.53. The van der Waals surface area contributed by atoms with Gasteiger partial charge in [0, 0.05) is 13.0 Å². The Morgan fingerprint density at radius 2 is 1.91 bits per heavy atom. The molecule has 3 nitrogen and oxygen atoms in total. The first-order valence-corrected chi connectivity index (χ1v) is 8.74. The third kappa shape index (κ3) is 7.26. The minimum Gasteiger partial charge on any atom is -0.494 e. The summed E-state index contributed by atoms with van der Waals surface area (Å²) in [6, 6.07) is 0. The Morgan fingerprint density at radius 1 is 1.23 bits per heavy atom. The second kappa shape index (κ2) is 10.6. The number of ether oxygens (including phenoxy) is 1. The van der Waals surface area contributed by atoms with Gasteiger partial charge in [0.25, 0.3) is 0 Å². The third-order valence-corrected chi connectivity index (χ3v) is 4.34. The summed E-state index contributed by atoms with van der Waals surface area (Å²) in [6.45, 7) is 5.60. The van der Waals surface area contributed by atoms with Crippen LogP contribution in [0.5, 0.6) is 0 Å². The Morgan fingerprint density at radius 3 is 2.45 bits per heavy atom. The van der Waals surface area contributed by atoms with Gasteiger partial charge in [-0.05, 0) is 63.9 Å². The molecule has 0 saturated heterocycles. The fourth-order valence-electron chi connectivity index (χ4n) is 2.81. The van der Waals surface area contributed by atoms with Crippen LogP contribution in [0.25, 0.3) is 0 Å². The summed E-state index contributed by atoms with van der Waals surface area (Å²) in [5.41, 5.74) is 0.874. The van der Waals surface area contributed by atoms with Crippen molar-refractivity contribution in [3.8, 4) is 0 Å². The highest BCUT2D eigenvalue weighted by molar-refractivity contribution is 5.95. The van der Waals surface area contributed by atoms with Crippen molar-refractivity contribution in [2.45, 2.75) is 58.8 Å². The number of allylic oxidation sites excluding steroid dienone is 3. The maximum Gasteiger partial charge on any atom is 0.160 e. The predicted octanol–water partition coefficient (Wildman–Crippen LogP) is 4.34. The van der Waals surface area contributed by atoms with Gasteiger partial charge in [0.15, 0.2) is 5.78 Å². The summed E-state index contributed by atoms with van der Waals surface area (Å²) < 4.78 is 5.96. The number of hydrogen-bond acceptors (Lipinski definition) is 3. The second-order valence-corrected chi connectivity index (χ2v) is 6.51. The molecule has 0 aliphatic heterocycles. The molecular weight excluding hydrogens is 274 g/mol. The van der Waals surface area contributed by atoms with Gasteiger partial charge < -0.3 is 9.64 Å². The normalized spacial score (nSPS) is 17.9. The first-order chi connectivity index (χ1) is 10.6. The largest absolute Gasteiger partial charge is 0.494 e. The van der Waals surface area contributed by atoms with Crippen molar-refractivity contribution in [2.75, 3.05) is 27.2 Å². The molecule has 0 heterocycles. The molecule has 1 aliphatic rings. The zero-order chi connectivity index (χ0) is 16.4. The van der Waals surface area contributed by atoms with Crippen molar-refractivity contribution in [3.63, 3.8) is 0 Å². The lowest BCUT2D eigenvalue weighted by molar-refractivity contribution is -0.115. The Bertz CT molecular complexity index is 390. The van der Waals surface area contributed by atoms with E-state index in [0.29, 0.717) is 12.3 Å². The van der Waals surface area contributed by atoms with Crippen molar-refractivity contribution in [3.05, 3.63) is 23.5 Å². The monoisotopic (exact) mass is 307 g/mol. The van der Waals surface area contributed by atoms with E-state index in [9.17, 15) is 4.79 Å². The maximum absolute atomic E-state index is 12.3. The summed E-state index contributed by atoms with van der Waals surface area (Å²) >= 11 is 0. The third-order valence-electron chi connectivity index (χ3n) is 4.34. The number of carbonyl (C=O) groups is 1. The minimum atomic E-state index is 0.233. The molecule has 0 atom stereocenters. The molecule has 0 aromatic carbocycles. The quantitative estimate of drug-likeness (QED) is 0.360. The highest BCUT2D eigenvalue weighted by atomic mass is 16.5. The molecule has 1 aliphatic carbocycles. The van der Waals surface area contributed by atoms with Crippen LogP contribution in [-0.2, 0) is 9.53 Å². The van der Waals surface area contributed by atoms with Crippen LogP contribution in [-0.4, -0.2) is 37.9 Å². The van der Waals surface area contributed by atoms with Crippen LogP contribution in [0.3, 0.4) is 0 Å². The van der Waals surface area contributed by atoms with Gasteiger partial charge >= 0.3 is 0 Å². The molecule has 0 N–H and O–H groups in total. The molecule has 0 unspecified atom stereocenters. The molecule has 0 aromatic rings. The Labute approximate surface area is 136 Å². The molecular formula is C19H33NO2. The SMILES string of the molecule is C/C=C(\C=C(/CC)C(=O)CCN(C)C)OCC1CCCCC1. The van der Waals surface area contributed by atoms with E-state index in [1.165, 1.54) is 32.1 Å². The van der Waals surface area contributed by atoms with E-state index in [1.807, 2.05) is 45.0 Å². The van der Waals surface area contributed by atoms with Crippen LogP contribution in [0.1, 0.15) is 58.8 Å². The molecule has 0 radical (unpaired) electrons. The van der Waals surface area contributed by atoms with E-state index in [4.69, 9.17) is 4.74 Å². The van der Waals surface area contributed by atoms with Crippen molar-refractivity contribution < 1.29 is 9.53 Å². The van der Waals surface area contributed by atoms with Gasteiger partial charge in [0.05, 0.1) is 6.61 Å². The highest BCUT2D eigenvalue weighted by Gasteiger charge is 2.15. The first-order valence-electron chi connectivity index (χ1n) is 8.74. The minimum absolute atomic E-state index is 0.233. The van der Waals surface area contributed by atoms with E-state index in [1.54, 1.807) is 0 Å². The molecule has 1 saturated carbocycles. The lowest BCUT2D eigenvalue weighted by atomic mass is 9.90. The van der Waals surface area contributed by atoms with Gasteiger partial charge in [0.2, 0.25) is 0 Å². The predicted molar refractivity (Wildman–Crippen MR) is 92.8 cm³/mol. The molecule has 0 amide bonds. The fourth-order valence-corrected chi connectivity index (χ4v) is 2.81. The van der Waals surface area contributed by atoms with E-state index < -0.39 is 0 Å². The van der Waals surface area contributed by atoms with Crippen LogP contribution in [0.4, 0.5) is 0 Å². The number of rotatable bonds is 9. The molecule has 0 bridgehead atoms. The second-order valence-electron chi connectivity index (χ2n) is 6.51. The van der Waals surface area contributed by atoms with E-state index >= 15 is 0 Å². The Kier molecular flexibility index (Phi) is 9.14. The van der Waals surface area contributed by atoms with E-state index in [2.05, 4.69) is 0 Å². The standard InChI is InChI=1S/C19H33NO2/c1-5-17(19(21)12-13-20(3)4)14-18(6-2)22-15-16-10-8-7-9-11-16/h6,14,16H,5,7-13,15H2,1-4H3/b17-14+,18-6+. The van der Waals surface area contributed by atoms with Gasteiger partial charge in [-0.2, -0.15) is 0 Å². The zero-order valence-corrected chi connectivity index (χ0v) is 14.9. The topological polar surface area (TPSA) is 29.5 Å². The van der Waals surface area contributed by atoms with Gasteiger partial charge in [-0.1, -0.05) is 26.2 Å². The molecule has 126 valence electrons. The average Bonchev–Trinajstić information content (AvgIpc) is 2.54. The van der Waals surface area contributed by atoms with Crippen LogP contribution >= 0.6 is 0 Å². The average molecular weight is 307 g/mol. The van der Waals surface area contributed by atoms with Crippen LogP contribution < -0.4 is 0 Å². The lowest BCUT2D eigenvalue weighted by Gasteiger charge is -2.22. The maximum atomic E-state index is 12.3. The summed E-state index contributed by atoms with van der Waals surface area (Å²) in [6.07, 6.45) is 11.8. The molecule has 0 aromatic heterocycles. The van der Waals surface area contributed by atoms with Crippen molar-refractivity contribution in [1.29, 1.82) is 0 Å². The van der Waals surface area contributed by atoms with Crippen molar-refractivity contribution >= 4 is 5.78 Å². The fraction of sp³-hybridized carbons (Fsp3) is 0.737. The molecule has 1 rings (SSSR count). The molecule has 1 fully saturated rings. The van der Waals surface area contributed by atoms with Gasteiger partial charge in [-0.3, -0.25) is 4.79 Å². The lowest BCUT2D eigenvalue weighted by Crippen LogP contribution is -2.17. The first kappa shape index (κ1) is 19.0. The number of ketones is 1. The smallest absolute Gasteiger partial charge is 0.160 e. The Hall–Kier alpha value is -1.09. The highest BCUT2D eigenvalue weighted by Crippen LogP contribution is 2.24. The van der Waals surface area contributed by atoms with Gasteiger partial charge in [-0.25, -0.2) is 0 Å². The number of carbonyl (C=O) groups excluding carboxylic acids is 1.